The monoisotopic (exact) mass is 229 g/mol. The molecule has 1 nitrogen and oxygen atoms in total. The maximum absolute atomic E-state index is 4.08. The van der Waals surface area contributed by atoms with Crippen LogP contribution in [0.5, 0.6) is 0 Å². The molecule has 1 aromatic rings. The first-order chi connectivity index (χ1) is 8.09. The number of benzene rings is 1. The molecule has 0 bridgehead atoms. The Balaban J connectivity index is 2.23. The number of hydrogen-bond acceptors (Lipinski definition) is 1. The van der Waals surface area contributed by atoms with E-state index in [0.717, 1.165) is 24.9 Å². The van der Waals surface area contributed by atoms with Gasteiger partial charge in [0.05, 0.1) is 0 Å². The van der Waals surface area contributed by atoms with Gasteiger partial charge in [-0.3, -0.25) is 0 Å². The zero-order valence-corrected chi connectivity index (χ0v) is 11.2. The fraction of sp³-hybridized carbons (Fsp3) is 0.500. The van der Waals surface area contributed by atoms with Crippen molar-refractivity contribution in [2.75, 3.05) is 13.1 Å². The van der Waals surface area contributed by atoms with Gasteiger partial charge in [-0.15, -0.1) is 0 Å². The molecule has 92 valence electrons. The van der Waals surface area contributed by atoms with Crippen LogP contribution in [0.3, 0.4) is 0 Å². The zero-order valence-electron chi connectivity index (χ0n) is 11.2. The van der Waals surface area contributed by atoms with Crippen molar-refractivity contribution in [2.24, 2.45) is 11.8 Å². The fourth-order valence-corrected chi connectivity index (χ4v) is 2.87. The van der Waals surface area contributed by atoms with E-state index >= 15 is 0 Å². The van der Waals surface area contributed by atoms with Gasteiger partial charge in [-0.1, -0.05) is 50.8 Å². The Morgan fingerprint density at radius 2 is 1.88 bits per heavy atom. The third-order valence-corrected chi connectivity index (χ3v) is 3.99. The lowest BCUT2D eigenvalue weighted by atomic mass is 9.82. The summed E-state index contributed by atoms with van der Waals surface area (Å²) < 4.78 is 0. The maximum Gasteiger partial charge on any atom is 0.0247 e. The Kier molecular flexibility index (Phi) is 3.56. The topological polar surface area (TPSA) is 3.24 Å². The molecule has 1 aliphatic heterocycles. The van der Waals surface area contributed by atoms with E-state index in [1.54, 1.807) is 0 Å². The van der Waals surface area contributed by atoms with E-state index in [-0.39, 0.29) is 0 Å². The van der Waals surface area contributed by atoms with Crippen LogP contribution < -0.4 is 0 Å². The predicted octanol–water partition coefficient (Wildman–Crippen LogP) is 3.89. The summed E-state index contributed by atoms with van der Waals surface area (Å²) in [4.78, 5) is 2.43. The molecule has 1 heterocycles. The molecule has 17 heavy (non-hydrogen) atoms. The smallest absolute Gasteiger partial charge is 0.0247 e. The van der Waals surface area contributed by atoms with E-state index in [9.17, 15) is 0 Å². The molecule has 0 amide bonds. The highest BCUT2D eigenvalue weighted by atomic mass is 15.2. The Labute approximate surface area is 105 Å². The van der Waals surface area contributed by atoms with Gasteiger partial charge < -0.3 is 4.90 Å². The average Bonchev–Trinajstić information content (AvgIpc) is 2.75. The molecule has 0 N–H and O–H groups in total. The lowest BCUT2D eigenvalue weighted by Crippen LogP contribution is -2.19. The maximum atomic E-state index is 4.08. The molecule has 0 unspecified atom stereocenters. The Bertz CT molecular complexity index is 380. The molecule has 0 aliphatic carbocycles. The molecule has 2 atom stereocenters. The van der Waals surface area contributed by atoms with Gasteiger partial charge in [0.25, 0.3) is 0 Å². The number of nitrogens with zero attached hydrogens (tertiary/aromatic N) is 1. The van der Waals surface area contributed by atoms with E-state index in [4.69, 9.17) is 0 Å². The minimum Gasteiger partial charge on any atom is -0.375 e. The van der Waals surface area contributed by atoms with Crippen molar-refractivity contribution in [3.63, 3.8) is 0 Å². The van der Waals surface area contributed by atoms with Crippen molar-refractivity contribution in [1.82, 2.24) is 4.90 Å². The average molecular weight is 229 g/mol. The highest BCUT2D eigenvalue weighted by molar-refractivity contribution is 5.23. The molecule has 0 spiro atoms. The van der Waals surface area contributed by atoms with Crippen LogP contribution in [0.15, 0.2) is 42.6 Å². The van der Waals surface area contributed by atoms with Gasteiger partial charge in [-0.05, 0) is 24.3 Å². The van der Waals surface area contributed by atoms with Gasteiger partial charge in [-0.25, -0.2) is 0 Å². The van der Waals surface area contributed by atoms with Crippen molar-refractivity contribution >= 4 is 0 Å². The molecule has 1 fully saturated rings. The molecule has 2 rings (SSSR count). The first kappa shape index (κ1) is 12.2. The van der Waals surface area contributed by atoms with Gasteiger partial charge in [-0.2, -0.15) is 0 Å². The van der Waals surface area contributed by atoms with E-state index < -0.39 is 0 Å². The second-order valence-electron chi connectivity index (χ2n) is 5.57. The summed E-state index contributed by atoms with van der Waals surface area (Å²) in [6.45, 7) is 13.2. The Hall–Kier alpha value is -1.24. The second-order valence-corrected chi connectivity index (χ2v) is 5.57. The first-order valence-electron chi connectivity index (χ1n) is 6.55. The van der Waals surface area contributed by atoms with Gasteiger partial charge in [0, 0.05) is 24.7 Å². The summed E-state index contributed by atoms with van der Waals surface area (Å²) in [5.74, 6) is 2.13. The van der Waals surface area contributed by atoms with Crippen LogP contribution in [0.1, 0.15) is 32.3 Å². The normalized spacial score (nSPS) is 24.4. The molecule has 0 radical (unpaired) electrons. The minimum absolute atomic E-state index is 0.660. The number of rotatable bonds is 3. The fourth-order valence-electron chi connectivity index (χ4n) is 2.87. The van der Waals surface area contributed by atoms with Crippen LogP contribution in [0.4, 0.5) is 0 Å². The van der Waals surface area contributed by atoms with Gasteiger partial charge in [0.2, 0.25) is 0 Å². The standard InChI is InChI=1S/C16H23N/c1-12(2)15-10-17(13(3)4)11-16(15)14-8-6-5-7-9-14/h5-9,12,15-16H,3,10-11H2,1-2,4H3/t15-,16-/m1/s1. The second kappa shape index (κ2) is 4.95. The van der Waals surface area contributed by atoms with E-state index in [0.29, 0.717) is 5.92 Å². The third kappa shape index (κ3) is 2.54. The van der Waals surface area contributed by atoms with Crippen molar-refractivity contribution < 1.29 is 0 Å². The largest absolute Gasteiger partial charge is 0.375 e. The summed E-state index contributed by atoms with van der Waals surface area (Å²) in [7, 11) is 0. The van der Waals surface area contributed by atoms with Crippen molar-refractivity contribution in [3.05, 3.63) is 48.2 Å². The van der Waals surface area contributed by atoms with Crippen LogP contribution in [0, 0.1) is 11.8 Å². The summed E-state index contributed by atoms with van der Waals surface area (Å²) in [5.41, 5.74) is 2.68. The molecule has 1 aliphatic rings. The lowest BCUT2D eigenvalue weighted by molar-refractivity contribution is 0.349. The lowest BCUT2D eigenvalue weighted by Gasteiger charge is -2.21. The molecule has 1 heteroatoms. The molecule has 0 aromatic heterocycles. The summed E-state index contributed by atoms with van der Waals surface area (Å²) >= 11 is 0. The zero-order chi connectivity index (χ0) is 12.4. The number of allylic oxidation sites excluding steroid dienone is 1. The summed E-state index contributed by atoms with van der Waals surface area (Å²) in [6.07, 6.45) is 0. The summed E-state index contributed by atoms with van der Waals surface area (Å²) in [5, 5.41) is 0. The van der Waals surface area contributed by atoms with Crippen LogP contribution in [0.2, 0.25) is 0 Å². The Morgan fingerprint density at radius 1 is 1.24 bits per heavy atom. The van der Waals surface area contributed by atoms with Crippen LogP contribution in [0.25, 0.3) is 0 Å². The summed E-state index contributed by atoms with van der Waals surface area (Å²) in [6, 6.07) is 10.9. The first-order valence-corrected chi connectivity index (χ1v) is 6.55. The third-order valence-electron chi connectivity index (χ3n) is 3.99. The number of likely N-dealkylation sites (tertiary alicyclic amines) is 1. The molecular weight excluding hydrogens is 206 g/mol. The number of hydrogen-bond donors (Lipinski definition) is 0. The van der Waals surface area contributed by atoms with Gasteiger partial charge >= 0.3 is 0 Å². The van der Waals surface area contributed by atoms with Crippen LogP contribution in [-0.2, 0) is 0 Å². The van der Waals surface area contributed by atoms with E-state index in [1.165, 1.54) is 11.3 Å². The molecule has 0 saturated carbocycles. The highest BCUT2D eigenvalue weighted by Crippen LogP contribution is 2.38. The van der Waals surface area contributed by atoms with Gasteiger partial charge in [0.1, 0.15) is 0 Å². The molecule has 1 saturated heterocycles. The Morgan fingerprint density at radius 3 is 2.41 bits per heavy atom. The molecule has 1 aromatic carbocycles. The predicted molar refractivity (Wildman–Crippen MR) is 73.9 cm³/mol. The van der Waals surface area contributed by atoms with Crippen molar-refractivity contribution in [3.8, 4) is 0 Å². The van der Waals surface area contributed by atoms with Crippen LogP contribution in [-0.4, -0.2) is 18.0 Å². The minimum atomic E-state index is 0.660. The van der Waals surface area contributed by atoms with Crippen LogP contribution >= 0.6 is 0 Å². The SMILES string of the molecule is C=C(C)N1C[C@H](c2ccccc2)[C@@H](C(C)C)C1. The van der Waals surface area contributed by atoms with Gasteiger partial charge in [0.15, 0.2) is 0 Å². The quantitative estimate of drug-likeness (QED) is 0.760. The van der Waals surface area contributed by atoms with Crippen molar-refractivity contribution in [1.29, 1.82) is 0 Å². The highest BCUT2D eigenvalue weighted by Gasteiger charge is 2.35. The van der Waals surface area contributed by atoms with E-state index in [2.05, 4.69) is 62.6 Å². The molecular formula is C16H23N. The van der Waals surface area contributed by atoms with E-state index in [1.807, 2.05) is 0 Å². The van der Waals surface area contributed by atoms with Crippen molar-refractivity contribution in [2.45, 2.75) is 26.7 Å².